The Kier molecular flexibility index (Phi) is 6.16. The third-order valence-electron chi connectivity index (χ3n) is 6.77. The fraction of sp³-hybridized carbons (Fsp3) is 0.321. The van der Waals surface area contributed by atoms with E-state index in [0.717, 1.165) is 41.7 Å². The van der Waals surface area contributed by atoms with Crippen LogP contribution in [0.1, 0.15) is 55.2 Å². The van der Waals surface area contributed by atoms with Gasteiger partial charge in [0.05, 0.1) is 12.5 Å². The second-order valence-corrected chi connectivity index (χ2v) is 9.07. The topological polar surface area (TPSA) is 93.5 Å². The molecule has 5 rings (SSSR count). The van der Waals surface area contributed by atoms with Crippen LogP contribution in [0.15, 0.2) is 60.8 Å². The summed E-state index contributed by atoms with van der Waals surface area (Å²) in [5.74, 6) is 2.36. The minimum absolute atomic E-state index is 0.0697. The molecule has 2 N–H and O–H groups in total. The van der Waals surface area contributed by atoms with E-state index in [9.17, 15) is 4.79 Å². The quantitative estimate of drug-likeness (QED) is 0.405. The summed E-state index contributed by atoms with van der Waals surface area (Å²) in [4.78, 5) is 17.8. The summed E-state index contributed by atoms with van der Waals surface area (Å²) in [6, 6.07) is 17.3. The molecule has 2 aromatic carbocycles. The smallest absolute Gasteiger partial charge is 0.236 e. The summed E-state index contributed by atoms with van der Waals surface area (Å²) in [5, 5.41) is 11.7. The predicted molar refractivity (Wildman–Crippen MR) is 134 cm³/mol. The highest BCUT2D eigenvalue weighted by atomic mass is 16.7. The van der Waals surface area contributed by atoms with Crippen LogP contribution < -0.4 is 19.5 Å². The highest BCUT2D eigenvalue weighted by molar-refractivity contribution is 6.01. The number of hydrogen-bond acceptors (Lipinski definition) is 6. The zero-order valence-electron chi connectivity index (χ0n) is 20.0. The summed E-state index contributed by atoms with van der Waals surface area (Å²) in [7, 11) is 1.64. The van der Waals surface area contributed by atoms with Gasteiger partial charge in [-0.2, -0.15) is 0 Å². The Balaban J connectivity index is 1.35. The normalized spacial score (nSPS) is 15.8. The molecule has 2 heterocycles. The number of rotatable bonds is 9. The van der Waals surface area contributed by atoms with Crippen molar-refractivity contribution in [3.63, 3.8) is 0 Å². The first-order valence-electron chi connectivity index (χ1n) is 11.9. The van der Waals surface area contributed by atoms with Gasteiger partial charge < -0.3 is 24.9 Å². The van der Waals surface area contributed by atoms with E-state index in [-0.39, 0.29) is 18.6 Å². The summed E-state index contributed by atoms with van der Waals surface area (Å²) < 4.78 is 16.3. The van der Waals surface area contributed by atoms with Gasteiger partial charge in [-0.15, -0.1) is 0 Å². The number of anilines is 1. The van der Waals surface area contributed by atoms with Crippen molar-refractivity contribution in [2.75, 3.05) is 19.2 Å². The first-order chi connectivity index (χ1) is 17.0. The number of methoxy groups -OCH3 is 1. The molecule has 35 heavy (non-hydrogen) atoms. The summed E-state index contributed by atoms with van der Waals surface area (Å²) in [6.07, 6.45) is 4.90. The van der Waals surface area contributed by atoms with Crippen molar-refractivity contribution in [2.45, 2.75) is 43.9 Å². The van der Waals surface area contributed by atoms with Crippen molar-refractivity contribution >= 4 is 17.4 Å². The molecule has 0 saturated heterocycles. The molecule has 1 fully saturated rings. The molecule has 1 aromatic heterocycles. The Bertz CT molecular complexity index is 1250. The van der Waals surface area contributed by atoms with Crippen molar-refractivity contribution in [3.05, 3.63) is 77.5 Å². The average Bonchev–Trinajstić information content (AvgIpc) is 3.56. The third-order valence-corrected chi connectivity index (χ3v) is 6.77. The molecular formula is C28H29N3O4. The first kappa shape index (κ1) is 22.9. The molecule has 180 valence electrons. The molecule has 1 atom stereocenters. The van der Waals surface area contributed by atoms with Gasteiger partial charge >= 0.3 is 0 Å². The highest BCUT2D eigenvalue weighted by Crippen LogP contribution is 2.51. The minimum Gasteiger partial charge on any atom is -0.497 e. The number of ether oxygens (including phenoxy) is 3. The van der Waals surface area contributed by atoms with Crippen LogP contribution in [-0.4, -0.2) is 30.5 Å². The molecule has 0 bridgehead atoms. The standard InChI is InChI=1S/C28H29N3O4/c1-3-5-22(29)26(18-6-4-7-21(14-18)33-2)19-8-11-25(30-16-19)31-27(32)28(12-13-28)20-9-10-23-24(15-20)35-17-34-23/h4,6-11,14-16,26,29H,3,5,12-13,17H2,1-2H3,(H,30,31,32). The Morgan fingerprint density at radius 3 is 2.66 bits per heavy atom. The summed E-state index contributed by atoms with van der Waals surface area (Å²) in [5.41, 5.74) is 2.89. The van der Waals surface area contributed by atoms with E-state index in [1.165, 1.54) is 0 Å². The van der Waals surface area contributed by atoms with Gasteiger partial charge in [-0.1, -0.05) is 37.6 Å². The largest absolute Gasteiger partial charge is 0.497 e. The molecule has 3 aromatic rings. The van der Waals surface area contributed by atoms with Gasteiger partial charge in [0, 0.05) is 17.8 Å². The van der Waals surface area contributed by atoms with Crippen LogP contribution in [0.2, 0.25) is 0 Å². The van der Waals surface area contributed by atoms with Crippen LogP contribution in [-0.2, 0) is 10.2 Å². The maximum absolute atomic E-state index is 13.2. The molecule has 0 radical (unpaired) electrons. The zero-order valence-corrected chi connectivity index (χ0v) is 20.0. The summed E-state index contributed by atoms with van der Waals surface area (Å²) in [6.45, 7) is 2.28. The van der Waals surface area contributed by atoms with Crippen molar-refractivity contribution in [3.8, 4) is 17.2 Å². The van der Waals surface area contributed by atoms with Crippen LogP contribution >= 0.6 is 0 Å². The van der Waals surface area contributed by atoms with E-state index in [1.54, 1.807) is 13.3 Å². The van der Waals surface area contributed by atoms with Gasteiger partial charge in [0.25, 0.3) is 0 Å². The Morgan fingerprint density at radius 1 is 1.11 bits per heavy atom. The third kappa shape index (κ3) is 4.46. The highest BCUT2D eigenvalue weighted by Gasteiger charge is 2.51. The van der Waals surface area contributed by atoms with Crippen LogP contribution in [0.3, 0.4) is 0 Å². The number of aromatic nitrogens is 1. The molecule has 1 aliphatic heterocycles. The molecule has 0 spiro atoms. The lowest BCUT2D eigenvalue weighted by Gasteiger charge is -2.20. The van der Waals surface area contributed by atoms with Crippen molar-refractivity contribution in [2.24, 2.45) is 0 Å². The maximum Gasteiger partial charge on any atom is 0.236 e. The Morgan fingerprint density at radius 2 is 1.94 bits per heavy atom. The number of benzene rings is 2. The van der Waals surface area contributed by atoms with Gasteiger partial charge in [0.2, 0.25) is 12.7 Å². The van der Waals surface area contributed by atoms with Crippen LogP contribution in [0, 0.1) is 5.41 Å². The van der Waals surface area contributed by atoms with Crippen LogP contribution in [0.5, 0.6) is 17.2 Å². The second kappa shape index (κ2) is 9.41. The van der Waals surface area contributed by atoms with Crippen molar-refractivity contribution < 1.29 is 19.0 Å². The van der Waals surface area contributed by atoms with Gasteiger partial charge in [0.15, 0.2) is 11.5 Å². The van der Waals surface area contributed by atoms with Crippen LogP contribution in [0.25, 0.3) is 0 Å². The van der Waals surface area contributed by atoms with Gasteiger partial charge in [-0.25, -0.2) is 4.98 Å². The van der Waals surface area contributed by atoms with Gasteiger partial charge in [0.1, 0.15) is 11.6 Å². The monoisotopic (exact) mass is 471 g/mol. The number of pyridine rings is 1. The molecule has 1 unspecified atom stereocenters. The van der Waals surface area contributed by atoms with Crippen LogP contribution in [0.4, 0.5) is 5.82 Å². The van der Waals surface area contributed by atoms with E-state index in [0.29, 0.717) is 29.4 Å². The van der Waals surface area contributed by atoms with Crippen molar-refractivity contribution in [1.82, 2.24) is 4.98 Å². The maximum atomic E-state index is 13.2. The molecule has 1 aliphatic carbocycles. The molecule has 1 amide bonds. The molecule has 2 aliphatic rings. The van der Waals surface area contributed by atoms with E-state index >= 15 is 0 Å². The number of carbonyl (C=O) groups is 1. The molecular weight excluding hydrogens is 442 g/mol. The minimum atomic E-state index is -0.562. The summed E-state index contributed by atoms with van der Waals surface area (Å²) >= 11 is 0. The van der Waals surface area contributed by atoms with E-state index in [2.05, 4.69) is 17.2 Å². The number of amides is 1. The number of nitrogens with one attached hydrogen (secondary N) is 2. The predicted octanol–water partition coefficient (Wildman–Crippen LogP) is 5.44. The first-order valence-corrected chi connectivity index (χ1v) is 11.9. The molecule has 7 nitrogen and oxygen atoms in total. The Labute approximate surface area is 205 Å². The second-order valence-electron chi connectivity index (χ2n) is 9.07. The van der Waals surface area contributed by atoms with Gasteiger partial charge in [-0.3, -0.25) is 4.79 Å². The van der Waals surface area contributed by atoms with E-state index < -0.39 is 5.41 Å². The number of nitrogens with zero attached hydrogens (tertiary/aromatic N) is 1. The average molecular weight is 472 g/mol. The van der Waals surface area contributed by atoms with Gasteiger partial charge in [-0.05, 0) is 66.3 Å². The SMILES string of the molecule is CCCC(=N)C(c1ccc(NC(=O)C2(c3ccc4c(c3)OCO4)CC2)nc1)c1cccc(OC)c1. The van der Waals surface area contributed by atoms with E-state index in [1.807, 2.05) is 54.6 Å². The lowest BCUT2D eigenvalue weighted by atomic mass is 9.86. The molecule has 7 heteroatoms. The van der Waals surface area contributed by atoms with Crippen molar-refractivity contribution in [1.29, 1.82) is 5.41 Å². The fourth-order valence-electron chi connectivity index (χ4n) is 4.68. The lowest BCUT2D eigenvalue weighted by Crippen LogP contribution is -2.28. The number of fused-ring (bicyclic) bond motifs is 1. The Hall–Kier alpha value is -3.87. The zero-order chi connectivity index (χ0) is 24.4. The number of hydrogen-bond donors (Lipinski definition) is 2. The lowest BCUT2D eigenvalue weighted by molar-refractivity contribution is -0.118. The fourth-order valence-corrected chi connectivity index (χ4v) is 4.68. The molecule has 1 saturated carbocycles. The van der Waals surface area contributed by atoms with E-state index in [4.69, 9.17) is 19.6 Å². The number of carbonyl (C=O) groups excluding carboxylic acids is 1.